The second-order valence-electron chi connectivity index (χ2n) is 6.70. The summed E-state index contributed by atoms with van der Waals surface area (Å²) in [6.07, 6.45) is -10.6. The minimum Gasteiger partial charge on any atom is -0.277 e. The lowest BCUT2D eigenvalue weighted by Gasteiger charge is -2.17. The predicted octanol–water partition coefficient (Wildman–Crippen LogP) is 6.69. The van der Waals surface area contributed by atoms with Gasteiger partial charge in [-0.05, 0) is 41.8 Å². The third kappa shape index (κ3) is 6.33. The number of benzene rings is 2. The van der Waals surface area contributed by atoms with E-state index in [9.17, 15) is 43.2 Å². The molecule has 17 heteroatoms. The molecule has 0 amide bonds. The van der Waals surface area contributed by atoms with Gasteiger partial charge in [0.2, 0.25) is 0 Å². The number of rotatable bonds is 6. The van der Waals surface area contributed by atoms with Crippen molar-refractivity contribution in [1.82, 2.24) is 0 Å². The lowest BCUT2D eigenvalue weighted by atomic mass is 10.1. The Balaban J connectivity index is 2.11. The molecule has 0 aliphatic rings. The van der Waals surface area contributed by atoms with Gasteiger partial charge in [0.05, 0.1) is 37.4 Å². The van der Waals surface area contributed by atoms with Crippen LogP contribution in [0.2, 0.25) is 10.0 Å². The van der Waals surface area contributed by atoms with Crippen LogP contribution in [-0.4, -0.2) is 16.8 Å². The highest BCUT2D eigenvalue weighted by atomic mass is 35.5. The van der Waals surface area contributed by atoms with Crippen molar-refractivity contribution in [2.45, 2.75) is 21.5 Å². The quantitative estimate of drug-likeness (QED) is 0.309. The Labute approximate surface area is 208 Å². The van der Waals surface area contributed by atoms with Crippen molar-refractivity contribution in [2.24, 2.45) is 0 Å². The first-order valence-electron chi connectivity index (χ1n) is 8.78. The molecule has 35 heavy (non-hydrogen) atoms. The maximum atomic E-state index is 13.1. The Morgan fingerprint density at radius 1 is 0.714 bits per heavy atom. The van der Waals surface area contributed by atoms with Gasteiger partial charge in [0.15, 0.2) is 0 Å². The Bertz CT molecular complexity index is 1440. The summed E-state index contributed by atoms with van der Waals surface area (Å²) in [6.45, 7) is 0. The van der Waals surface area contributed by atoms with E-state index in [1.54, 1.807) is 4.72 Å². The summed E-state index contributed by atoms with van der Waals surface area (Å²) < 4.78 is 133. The van der Waals surface area contributed by atoms with Crippen molar-refractivity contribution in [2.75, 3.05) is 9.44 Å². The van der Waals surface area contributed by atoms with E-state index in [0.29, 0.717) is 0 Å². The van der Waals surface area contributed by atoms with Gasteiger partial charge in [-0.1, -0.05) is 29.3 Å². The molecular weight excluding hydrogens is 589 g/mol. The van der Waals surface area contributed by atoms with Crippen LogP contribution in [0.25, 0.3) is 0 Å². The van der Waals surface area contributed by atoms with Gasteiger partial charge >= 0.3 is 12.4 Å². The first kappa shape index (κ1) is 27.4. The molecule has 0 radical (unpaired) electrons. The van der Waals surface area contributed by atoms with E-state index in [1.165, 1.54) is 17.5 Å². The molecule has 3 aromatic rings. The smallest absolute Gasteiger partial charge is 0.277 e. The third-order valence-electron chi connectivity index (χ3n) is 4.18. The van der Waals surface area contributed by atoms with Gasteiger partial charge < -0.3 is 0 Å². The summed E-state index contributed by atoms with van der Waals surface area (Å²) in [7, 11) is -9.38. The summed E-state index contributed by atoms with van der Waals surface area (Å²) in [5, 5.41) is 0.930. The first-order valence-corrected chi connectivity index (χ1v) is 13.4. The van der Waals surface area contributed by atoms with E-state index in [-0.39, 0.29) is 32.5 Å². The molecule has 2 N–H and O–H groups in total. The molecule has 190 valence electrons. The van der Waals surface area contributed by atoms with Crippen LogP contribution in [0.5, 0.6) is 0 Å². The summed E-state index contributed by atoms with van der Waals surface area (Å²) in [6, 6.07) is 4.18. The fourth-order valence-corrected chi connectivity index (χ4v) is 6.14. The van der Waals surface area contributed by atoms with E-state index in [0.717, 1.165) is 23.5 Å². The van der Waals surface area contributed by atoms with Gasteiger partial charge in [0, 0.05) is 0 Å². The maximum Gasteiger partial charge on any atom is 0.416 e. The number of nitrogens with one attached hydrogen (secondary N) is 2. The van der Waals surface area contributed by atoms with Gasteiger partial charge in [0.1, 0.15) is 4.21 Å². The minimum absolute atomic E-state index is 0.00456. The summed E-state index contributed by atoms with van der Waals surface area (Å²) in [4.78, 5) is -1.38. The fraction of sp³-hybridized carbons (Fsp3) is 0.111. The monoisotopic (exact) mass is 598 g/mol. The molecule has 0 atom stereocenters. The molecule has 0 bridgehead atoms. The van der Waals surface area contributed by atoms with Crippen LogP contribution in [0.15, 0.2) is 56.9 Å². The third-order valence-corrected chi connectivity index (χ3v) is 9.01. The normalized spacial score (nSPS) is 13.0. The van der Waals surface area contributed by atoms with E-state index in [1.807, 2.05) is 0 Å². The first-order chi connectivity index (χ1) is 15.9. The molecule has 2 aromatic carbocycles. The molecular formula is C18H10Cl2F6N2O4S3. The van der Waals surface area contributed by atoms with Crippen molar-refractivity contribution in [3.63, 3.8) is 0 Å². The van der Waals surface area contributed by atoms with Crippen molar-refractivity contribution >= 4 is 66.0 Å². The fourth-order valence-electron chi connectivity index (χ4n) is 2.61. The lowest BCUT2D eigenvalue weighted by Crippen LogP contribution is -2.19. The van der Waals surface area contributed by atoms with Crippen LogP contribution >= 0.6 is 34.5 Å². The molecule has 6 nitrogen and oxygen atoms in total. The Morgan fingerprint density at radius 2 is 1.17 bits per heavy atom. The van der Waals surface area contributed by atoms with Crippen LogP contribution in [0.1, 0.15) is 11.1 Å². The van der Waals surface area contributed by atoms with Crippen molar-refractivity contribution < 1.29 is 43.2 Å². The molecule has 0 aliphatic carbocycles. The molecule has 0 fully saturated rings. The number of sulfonamides is 2. The standard InChI is InChI=1S/C18H10Cl2F6N2O4S3/c19-12-7-14(15(8-13(12)20)28-35(31,32)16-2-1-3-33-16)27-34(29,30)11-5-9(17(21,22)23)4-10(6-11)18(24,25)26/h1-8,27-28H. The molecule has 0 saturated heterocycles. The van der Waals surface area contributed by atoms with E-state index in [2.05, 4.69) is 4.72 Å². The van der Waals surface area contributed by atoms with Crippen LogP contribution in [0.4, 0.5) is 37.7 Å². The van der Waals surface area contributed by atoms with Crippen LogP contribution in [0.3, 0.4) is 0 Å². The molecule has 0 spiro atoms. The molecule has 3 rings (SSSR count). The number of anilines is 2. The van der Waals surface area contributed by atoms with Crippen LogP contribution in [-0.2, 0) is 32.4 Å². The zero-order valence-corrected chi connectivity index (χ0v) is 20.5. The van der Waals surface area contributed by atoms with E-state index < -0.39 is 59.8 Å². The van der Waals surface area contributed by atoms with Crippen LogP contribution < -0.4 is 9.44 Å². The second kappa shape index (κ2) is 9.35. The summed E-state index contributed by atoms with van der Waals surface area (Å²) in [5.41, 5.74) is -4.81. The topological polar surface area (TPSA) is 92.3 Å². The summed E-state index contributed by atoms with van der Waals surface area (Å²) >= 11 is 12.6. The number of hydrogen-bond acceptors (Lipinski definition) is 5. The van der Waals surface area contributed by atoms with Gasteiger partial charge in [-0.15, -0.1) is 11.3 Å². The van der Waals surface area contributed by atoms with Gasteiger partial charge in [-0.25, -0.2) is 16.8 Å². The highest BCUT2D eigenvalue weighted by molar-refractivity contribution is 7.94. The molecule has 0 aliphatic heterocycles. The highest BCUT2D eigenvalue weighted by Crippen LogP contribution is 2.39. The maximum absolute atomic E-state index is 13.1. The molecule has 1 heterocycles. The average Bonchev–Trinajstić information content (AvgIpc) is 3.26. The van der Waals surface area contributed by atoms with Gasteiger partial charge in [0.25, 0.3) is 20.0 Å². The SMILES string of the molecule is O=S(=O)(Nc1cc(Cl)c(Cl)cc1NS(=O)(=O)c1cccs1)c1cc(C(F)(F)F)cc(C(F)(F)F)c1. The second-order valence-corrected chi connectivity index (χ2v) is 12.1. The number of thiophene rings is 1. The molecule has 0 unspecified atom stereocenters. The predicted molar refractivity (Wildman–Crippen MR) is 119 cm³/mol. The zero-order valence-electron chi connectivity index (χ0n) is 16.5. The average molecular weight is 599 g/mol. The van der Waals surface area contributed by atoms with Crippen molar-refractivity contribution in [1.29, 1.82) is 0 Å². The van der Waals surface area contributed by atoms with E-state index in [4.69, 9.17) is 23.2 Å². The number of hydrogen-bond donors (Lipinski definition) is 2. The van der Waals surface area contributed by atoms with Crippen molar-refractivity contribution in [3.05, 3.63) is 69.0 Å². The molecule has 0 saturated carbocycles. The number of alkyl halides is 6. The van der Waals surface area contributed by atoms with Crippen molar-refractivity contribution in [3.8, 4) is 0 Å². The highest BCUT2D eigenvalue weighted by Gasteiger charge is 2.38. The number of halogens is 8. The Kier molecular flexibility index (Phi) is 7.32. The Hall–Kier alpha value is -2.20. The Morgan fingerprint density at radius 3 is 1.57 bits per heavy atom. The largest absolute Gasteiger partial charge is 0.416 e. The minimum atomic E-state index is -5.30. The van der Waals surface area contributed by atoms with E-state index >= 15 is 0 Å². The zero-order chi connectivity index (χ0) is 26.4. The summed E-state index contributed by atoms with van der Waals surface area (Å²) in [5.74, 6) is 0. The van der Waals surface area contributed by atoms with Crippen LogP contribution in [0, 0.1) is 0 Å². The molecule has 1 aromatic heterocycles. The lowest BCUT2D eigenvalue weighted by molar-refractivity contribution is -0.143. The van der Waals surface area contributed by atoms with Gasteiger partial charge in [-0.3, -0.25) is 9.44 Å². The van der Waals surface area contributed by atoms with Gasteiger partial charge in [-0.2, -0.15) is 26.3 Å².